The van der Waals surface area contributed by atoms with E-state index in [0.29, 0.717) is 24.6 Å². The van der Waals surface area contributed by atoms with Gasteiger partial charge in [0, 0.05) is 31.2 Å². The predicted molar refractivity (Wildman–Crippen MR) is 80.4 cm³/mol. The van der Waals surface area contributed by atoms with Crippen LogP contribution >= 0.6 is 0 Å². The highest BCUT2D eigenvalue weighted by Crippen LogP contribution is 2.31. The van der Waals surface area contributed by atoms with Crippen molar-refractivity contribution in [1.29, 1.82) is 0 Å². The fraction of sp³-hybridized carbons (Fsp3) is 0.571. The third kappa shape index (κ3) is 3.14. The predicted octanol–water partition coefficient (Wildman–Crippen LogP) is 1.07. The molecule has 6 nitrogen and oxygen atoms in total. The average Bonchev–Trinajstić information content (AvgIpc) is 2.48. The van der Waals surface area contributed by atoms with Gasteiger partial charge in [0.2, 0.25) is 10.0 Å². The highest BCUT2D eigenvalue weighted by atomic mass is 32.2. The van der Waals surface area contributed by atoms with Gasteiger partial charge in [-0.1, -0.05) is 0 Å². The molecule has 0 aromatic heterocycles. The fourth-order valence-corrected chi connectivity index (χ4v) is 4.17. The molecule has 0 unspecified atom stereocenters. The molecule has 1 aromatic rings. The minimum absolute atomic E-state index is 0.0840. The smallest absolute Gasteiger partial charge is 0.243 e. The van der Waals surface area contributed by atoms with Crippen LogP contribution in [0.25, 0.3) is 0 Å². The Balaban J connectivity index is 2.39. The Morgan fingerprint density at radius 2 is 1.86 bits per heavy atom. The van der Waals surface area contributed by atoms with Crippen molar-refractivity contribution < 1.29 is 17.9 Å². The Kier molecular flexibility index (Phi) is 4.75. The van der Waals surface area contributed by atoms with Gasteiger partial charge in [0.25, 0.3) is 0 Å². The summed E-state index contributed by atoms with van der Waals surface area (Å²) in [6.45, 7) is 4.98. The molecule has 21 heavy (non-hydrogen) atoms. The third-order valence-corrected chi connectivity index (χ3v) is 5.64. The topological polar surface area (TPSA) is 67.9 Å². The molecule has 1 aliphatic heterocycles. The van der Waals surface area contributed by atoms with Crippen LogP contribution in [0.4, 0.5) is 0 Å². The lowest BCUT2D eigenvalue weighted by molar-refractivity contribution is 0.244. The Hall–Kier alpha value is -1.31. The van der Waals surface area contributed by atoms with Gasteiger partial charge >= 0.3 is 0 Å². The molecular formula is C14H22N2O4S. The number of nitrogens with zero attached hydrogens (tertiary/aromatic N) is 1. The summed E-state index contributed by atoms with van der Waals surface area (Å²) in [4.78, 5) is 0.223. The Morgan fingerprint density at radius 3 is 2.48 bits per heavy atom. The molecule has 2 rings (SSSR count). The Labute approximate surface area is 126 Å². The minimum atomic E-state index is -3.54. The molecule has 1 saturated heterocycles. The molecule has 0 amide bonds. The number of rotatable bonds is 4. The van der Waals surface area contributed by atoms with Gasteiger partial charge in [0.05, 0.1) is 19.1 Å². The van der Waals surface area contributed by atoms with Crippen LogP contribution in [0.3, 0.4) is 0 Å². The molecule has 7 heteroatoms. The monoisotopic (exact) mass is 314 g/mol. The van der Waals surface area contributed by atoms with E-state index in [0.717, 1.165) is 0 Å². The fourth-order valence-electron chi connectivity index (χ4n) is 2.44. The molecule has 1 heterocycles. The number of piperazine rings is 1. The van der Waals surface area contributed by atoms with Gasteiger partial charge in [0.15, 0.2) is 11.5 Å². The maximum atomic E-state index is 12.8. The molecule has 0 bridgehead atoms. The minimum Gasteiger partial charge on any atom is -0.493 e. The molecule has 118 valence electrons. The van der Waals surface area contributed by atoms with Crippen LogP contribution in [0.15, 0.2) is 23.1 Å². The number of nitrogens with one attached hydrogen (secondary N) is 1. The molecule has 1 aromatic carbocycles. The molecule has 1 aliphatic rings. The van der Waals surface area contributed by atoms with Crippen molar-refractivity contribution in [2.45, 2.75) is 30.8 Å². The largest absolute Gasteiger partial charge is 0.493 e. The first-order chi connectivity index (χ1) is 9.90. The van der Waals surface area contributed by atoms with E-state index < -0.39 is 10.0 Å². The Morgan fingerprint density at radius 1 is 1.19 bits per heavy atom. The number of benzene rings is 1. The second-order valence-electron chi connectivity index (χ2n) is 5.25. The zero-order chi connectivity index (χ0) is 15.6. The van der Waals surface area contributed by atoms with Crippen molar-refractivity contribution in [3.8, 4) is 11.5 Å². The van der Waals surface area contributed by atoms with Crippen molar-refractivity contribution in [2.24, 2.45) is 0 Å². The zero-order valence-corrected chi connectivity index (χ0v) is 13.6. The van der Waals surface area contributed by atoms with Gasteiger partial charge in [-0.15, -0.1) is 0 Å². The maximum Gasteiger partial charge on any atom is 0.243 e. The molecule has 0 saturated carbocycles. The quantitative estimate of drug-likeness (QED) is 0.900. The molecule has 1 fully saturated rings. The van der Waals surface area contributed by atoms with Crippen LogP contribution in [0, 0.1) is 0 Å². The summed E-state index contributed by atoms with van der Waals surface area (Å²) in [5.74, 6) is 0.924. The van der Waals surface area contributed by atoms with Gasteiger partial charge in [0.1, 0.15) is 0 Å². The lowest BCUT2D eigenvalue weighted by Gasteiger charge is -2.36. The van der Waals surface area contributed by atoms with E-state index >= 15 is 0 Å². The van der Waals surface area contributed by atoms with Crippen molar-refractivity contribution in [2.75, 3.05) is 27.3 Å². The van der Waals surface area contributed by atoms with Crippen LogP contribution in [-0.2, 0) is 10.0 Å². The van der Waals surface area contributed by atoms with E-state index in [4.69, 9.17) is 9.47 Å². The first kappa shape index (κ1) is 16.1. The van der Waals surface area contributed by atoms with E-state index in [9.17, 15) is 8.42 Å². The Bertz CT molecular complexity index is 603. The van der Waals surface area contributed by atoms with Crippen molar-refractivity contribution in [1.82, 2.24) is 9.62 Å². The normalized spacial score (nSPS) is 23.8. The summed E-state index contributed by atoms with van der Waals surface area (Å²) in [7, 11) is -0.534. The zero-order valence-electron chi connectivity index (χ0n) is 12.8. The van der Waals surface area contributed by atoms with Crippen molar-refractivity contribution in [3.63, 3.8) is 0 Å². The van der Waals surface area contributed by atoms with Gasteiger partial charge in [-0.2, -0.15) is 4.31 Å². The highest BCUT2D eigenvalue weighted by Gasteiger charge is 2.33. The summed E-state index contributed by atoms with van der Waals surface area (Å²) in [5, 5.41) is 3.28. The van der Waals surface area contributed by atoms with Crippen LogP contribution in [0.5, 0.6) is 11.5 Å². The van der Waals surface area contributed by atoms with Crippen LogP contribution in [0.1, 0.15) is 13.8 Å². The summed E-state index contributed by atoms with van der Waals surface area (Å²) < 4.78 is 37.5. The standard InChI is InChI=1S/C14H22N2O4S/c1-10-9-16(11(2)8-15-10)21(17,18)12-5-6-13(19-3)14(7-12)20-4/h5-7,10-11,15H,8-9H2,1-4H3/t10-,11-/m0/s1. The van der Waals surface area contributed by atoms with E-state index in [1.165, 1.54) is 24.6 Å². The SMILES string of the molecule is COc1ccc(S(=O)(=O)N2C[C@H](C)NC[C@@H]2C)cc1OC. The van der Waals surface area contributed by atoms with Gasteiger partial charge < -0.3 is 14.8 Å². The number of hydrogen-bond acceptors (Lipinski definition) is 5. The lowest BCUT2D eigenvalue weighted by atomic mass is 10.2. The van der Waals surface area contributed by atoms with Crippen molar-refractivity contribution >= 4 is 10.0 Å². The van der Waals surface area contributed by atoms with E-state index in [2.05, 4.69) is 5.32 Å². The van der Waals surface area contributed by atoms with Gasteiger partial charge in [-0.3, -0.25) is 0 Å². The van der Waals surface area contributed by atoms with Crippen LogP contribution in [0.2, 0.25) is 0 Å². The number of hydrogen-bond donors (Lipinski definition) is 1. The number of sulfonamides is 1. The number of methoxy groups -OCH3 is 2. The molecule has 1 N–H and O–H groups in total. The van der Waals surface area contributed by atoms with Gasteiger partial charge in [-0.05, 0) is 26.0 Å². The summed E-state index contributed by atoms with van der Waals surface area (Å²) in [6.07, 6.45) is 0. The first-order valence-corrected chi connectivity index (χ1v) is 8.31. The maximum absolute atomic E-state index is 12.8. The lowest BCUT2D eigenvalue weighted by Crippen LogP contribution is -2.56. The molecule has 0 spiro atoms. The molecule has 2 atom stereocenters. The second kappa shape index (κ2) is 6.21. The van der Waals surface area contributed by atoms with Crippen LogP contribution < -0.4 is 14.8 Å². The highest BCUT2D eigenvalue weighted by molar-refractivity contribution is 7.89. The average molecular weight is 314 g/mol. The first-order valence-electron chi connectivity index (χ1n) is 6.87. The summed E-state index contributed by atoms with van der Waals surface area (Å²) in [5.41, 5.74) is 0. The van der Waals surface area contributed by atoms with Crippen LogP contribution in [-0.4, -0.2) is 52.1 Å². The number of ether oxygens (including phenoxy) is 2. The van der Waals surface area contributed by atoms with Crippen molar-refractivity contribution in [3.05, 3.63) is 18.2 Å². The summed E-state index contributed by atoms with van der Waals surface area (Å²) >= 11 is 0. The van der Waals surface area contributed by atoms with E-state index in [-0.39, 0.29) is 17.0 Å². The third-order valence-electron chi connectivity index (χ3n) is 3.67. The molecular weight excluding hydrogens is 292 g/mol. The second-order valence-corrected chi connectivity index (χ2v) is 7.14. The van der Waals surface area contributed by atoms with Gasteiger partial charge in [-0.25, -0.2) is 8.42 Å². The molecule has 0 radical (unpaired) electrons. The van der Waals surface area contributed by atoms with E-state index in [1.54, 1.807) is 12.1 Å². The van der Waals surface area contributed by atoms with E-state index in [1.807, 2.05) is 13.8 Å². The summed E-state index contributed by atoms with van der Waals surface area (Å²) in [6, 6.07) is 4.72. The molecule has 0 aliphatic carbocycles.